The zero-order chi connectivity index (χ0) is 13.7. The van der Waals surface area contributed by atoms with Gasteiger partial charge in [0.2, 0.25) is 0 Å². The molecule has 1 aromatic rings. The maximum atomic E-state index is 11.7. The van der Waals surface area contributed by atoms with Crippen molar-refractivity contribution in [1.82, 2.24) is 0 Å². The van der Waals surface area contributed by atoms with Gasteiger partial charge in [-0.15, -0.1) is 0 Å². The minimum atomic E-state index is -0.102. The molecule has 94 valence electrons. The second-order valence-corrected chi connectivity index (χ2v) is 3.70. The lowest BCUT2D eigenvalue weighted by Gasteiger charge is -2.19. The first-order valence-corrected chi connectivity index (χ1v) is 6.17. The van der Waals surface area contributed by atoms with Crippen molar-refractivity contribution in [2.45, 2.75) is 27.2 Å². The summed E-state index contributed by atoms with van der Waals surface area (Å²) < 4.78 is 0. The van der Waals surface area contributed by atoms with Crippen LogP contribution in [-0.2, 0) is 4.79 Å². The summed E-state index contributed by atoms with van der Waals surface area (Å²) in [4.78, 5) is 23.5. The topological polar surface area (TPSA) is 34.1 Å². The smallest absolute Gasteiger partial charge is 0.171 e. The first-order chi connectivity index (χ1) is 8.69. The third-order valence-corrected chi connectivity index (χ3v) is 2.80. The fourth-order valence-electron chi connectivity index (χ4n) is 2.05. The largest absolute Gasteiger partial charge is 0.294 e. The average molecular weight is 242 g/mol. The van der Waals surface area contributed by atoms with Gasteiger partial charge < -0.3 is 0 Å². The van der Waals surface area contributed by atoms with Crippen LogP contribution in [-0.4, -0.2) is 11.6 Å². The lowest BCUT2D eigenvalue weighted by Crippen LogP contribution is -2.19. The van der Waals surface area contributed by atoms with Gasteiger partial charge in [0.15, 0.2) is 11.6 Å². The monoisotopic (exact) mass is 242 g/mol. The summed E-state index contributed by atoms with van der Waals surface area (Å²) in [5, 5.41) is 0. The number of ketones is 2. The third kappa shape index (κ3) is 2.33. The molecule has 0 saturated heterocycles. The highest BCUT2D eigenvalue weighted by Crippen LogP contribution is 2.31. The maximum Gasteiger partial charge on any atom is 0.171 e. The van der Waals surface area contributed by atoms with Crippen LogP contribution < -0.4 is 0 Å². The van der Waals surface area contributed by atoms with E-state index in [2.05, 4.69) is 6.58 Å². The molecule has 0 fully saturated rings. The van der Waals surface area contributed by atoms with E-state index in [-0.39, 0.29) is 18.0 Å². The summed E-state index contributed by atoms with van der Waals surface area (Å²) in [6.07, 6.45) is 3.42. The molecule has 1 aromatic carbocycles. The van der Waals surface area contributed by atoms with Crippen LogP contribution in [0.25, 0.3) is 11.6 Å². The molecule has 0 spiro atoms. The Bertz CT molecular complexity index is 522. The Morgan fingerprint density at radius 3 is 2.39 bits per heavy atom. The van der Waals surface area contributed by atoms with E-state index in [1.807, 2.05) is 32.9 Å². The summed E-state index contributed by atoms with van der Waals surface area (Å²) >= 11 is 0. The van der Waals surface area contributed by atoms with Crippen molar-refractivity contribution in [2.75, 3.05) is 0 Å². The molecule has 0 radical (unpaired) electrons. The van der Waals surface area contributed by atoms with E-state index < -0.39 is 0 Å². The van der Waals surface area contributed by atoms with Gasteiger partial charge in [-0.25, -0.2) is 0 Å². The molecule has 0 atom stereocenters. The third-order valence-electron chi connectivity index (χ3n) is 2.80. The van der Waals surface area contributed by atoms with Gasteiger partial charge in [0.25, 0.3) is 0 Å². The van der Waals surface area contributed by atoms with Crippen LogP contribution in [0, 0.1) is 0 Å². The van der Waals surface area contributed by atoms with Crippen LogP contribution in [0.2, 0.25) is 0 Å². The molecular weight excluding hydrogens is 224 g/mol. The van der Waals surface area contributed by atoms with Crippen molar-refractivity contribution in [3.8, 4) is 0 Å². The van der Waals surface area contributed by atoms with E-state index in [4.69, 9.17) is 0 Å². The highest BCUT2D eigenvalue weighted by molar-refractivity contribution is 6.33. The Hall–Kier alpha value is -1.96. The molecule has 0 saturated carbocycles. The van der Waals surface area contributed by atoms with Crippen LogP contribution in [0.15, 0.2) is 30.9 Å². The van der Waals surface area contributed by atoms with Crippen molar-refractivity contribution < 1.29 is 9.59 Å². The molecular formula is C16H18O2. The Morgan fingerprint density at radius 2 is 1.83 bits per heavy atom. The zero-order valence-electron chi connectivity index (χ0n) is 11.1. The number of Topliss-reactive ketones (excluding diaryl/α,β-unsaturated/α-hetero) is 2. The normalized spacial score (nSPS) is 15.8. The predicted octanol–water partition coefficient (Wildman–Crippen LogP) is 3.91. The van der Waals surface area contributed by atoms with Gasteiger partial charge in [0, 0.05) is 16.7 Å². The van der Waals surface area contributed by atoms with Gasteiger partial charge in [-0.2, -0.15) is 0 Å². The van der Waals surface area contributed by atoms with E-state index in [0.29, 0.717) is 11.1 Å². The molecule has 0 aliphatic heterocycles. The summed E-state index contributed by atoms with van der Waals surface area (Å²) in [7, 11) is 0. The molecule has 0 heterocycles. The van der Waals surface area contributed by atoms with Crippen molar-refractivity contribution in [1.29, 1.82) is 0 Å². The SMILES string of the molecule is C=Cc1cccc2c1/C(=C\C)C(=O)CC2=O.CC. The zero-order valence-corrected chi connectivity index (χ0v) is 11.1. The van der Waals surface area contributed by atoms with Gasteiger partial charge in [-0.3, -0.25) is 9.59 Å². The number of carbonyl (C=O) groups excluding carboxylic acids is 2. The molecule has 0 N–H and O–H groups in total. The van der Waals surface area contributed by atoms with Crippen molar-refractivity contribution >= 4 is 23.2 Å². The lowest BCUT2D eigenvalue weighted by molar-refractivity contribution is -0.113. The first-order valence-electron chi connectivity index (χ1n) is 6.17. The quantitative estimate of drug-likeness (QED) is 0.552. The van der Waals surface area contributed by atoms with Gasteiger partial charge in [0.05, 0.1) is 6.42 Å². The number of carbonyl (C=O) groups is 2. The van der Waals surface area contributed by atoms with E-state index in [1.54, 1.807) is 18.2 Å². The van der Waals surface area contributed by atoms with E-state index in [1.165, 1.54) is 0 Å². The molecule has 2 rings (SSSR count). The van der Waals surface area contributed by atoms with Gasteiger partial charge in [-0.1, -0.05) is 50.8 Å². The molecule has 0 amide bonds. The first kappa shape index (κ1) is 14.1. The van der Waals surface area contributed by atoms with Crippen LogP contribution in [0.3, 0.4) is 0 Å². The molecule has 18 heavy (non-hydrogen) atoms. The minimum absolute atomic E-state index is 0.0206. The molecule has 2 nitrogen and oxygen atoms in total. The van der Waals surface area contributed by atoms with Crippen LogP contribution >= 0.6 is 0 Å². The highest BCUT2D eigenvalue weighted by Gasteiger charge is 2.28. The van der Waals surface area contributed by atoms with Crippen LogP contribution in [0.1, 0.15) is 48.7 Å². The number of allylic oxidation sites excluding steroid dienone is 2. The van der Waals surface area contributed by atoms with Crippen molar-refractivity contribution in [3.63, 3.8) is 0 Å². The number of hydrogen-bond donors (Lipinski definition) is 0. The number of rotatable bonds is 1. The molecule has 1 aliphatic rings. The molecule has 1 aliphatic carbocycles. The van der Waals surface area contributed by atoms with Crippen molar-refractivity contribution in [2.24, 2.45) is 0 Å². The Labute approximate surface area is 108 Å². The van der Waals surface area contributed by atoms with Gasteiger partial charge in [0.1, 0.15) is 0 Å². The average Bonchev–Trinajstić information content (AvgIpc) is 2.41. The summed E-state index contributed by atoms with van der Waals surface area (Å²) in [6, 6.07) is 5.44. The number of hydrogen-bond acceptors (Lipinski definition) is 2. The highest BCUT2D eigenvalue weighted by atomic mass is 16.1. The van der Waals surface area contributed by atoms with Gasteiger partial charge in [-0.05, 0) is 12.5 Å². The Kier molecular flexibility index (Phi) is 4.78. The van der Waals surface area contributed by atoms with E-state index in [0.717, 1.165) is 11.1 Å². The summed E-state index contributed by atoms with van der Waals surface area (Å²) in [5.74, 6) is -0.205. The predicted molar refractivity (Wildman–Crippen MR) is 75.5 cm³/mol. The van der Waals surface area contributed by atoms with Gasteiger partial charge >= 0.3 is 0 Å². The number of fused-ring (bicyclic) bond motifs is 1. The minimum Gasteiger partial charge on any atom is -0.294 e. The summed E-state index contributed by atoms with van der Waals surface area (Å²) in [5.41, 5.74) is 2.84. The molecule has 2 heteroatoms. The molecule has 0 unspecified atom stereocenters. The van der Waals surface area contributed by atoms with Crippen LogP contribution in [0.5, 0.6) is 0 Å². The Morgan fingerprint density at radius 1 is 1.17 bits per heavy atom. The standard InChI is InChI=1S/C14H12O2.C2H6/c1-3-9-6-5-7-11-13(16)8-12(15)10(4-2)14(9)11;1-2/h3-7H,1,8H2,2H3;1-2H3/b10-4-;. The second-order valence-electron chi connectivity index (χ2n) is 3.70. The summed E-state index contributed by atoms with van der Waals surface area (Å²) in [6.45, 7) is 9.52. The van der Waals surface area contributed by atoms with E-state index in [9.17, 15) is 9.59 Å². The molecule has 0 bridgehead atoms. The molecule has 0 aromatic heterocycles. The maximum absolute atomic E-state index is 11.7. The fraction of sp³-hybridized carbons (Fsp3) is 0.250. The second kappa shape index (κ2) is 6.10. The lowest BCUT2D eigenvalue weighted by atomic mass is 9.82. The number of benzene rings is 1. The Balaban J connectivity index is 0.000000771. The fourth-order valence-corrected chi connectivity index (χ4v) is 2.05. The van der Waals surface area contributed by atoms with Crippen LogP contribution in [0.4, 0.5) is 0 Å². The van der Waals surface area contributed by atoms with Crippen molar-refractivity contribution in [3.05, 3.63) is 47.5 Å². The van der Waals surface area contributed by atoms with E-state index >= 15 is 0 Å².